The van der Waals surface area contributed by atoms with Crippen LogP contribution in [0.15, 0.2) is 24.3 Å². The molecule has 1 aromatic rings. The summed E-state index contributed by atoms with van der Waals surface area (Å²) in [6.45, 7) is 0. The van der Waals surface area contributed by atoms with Crippen molar-refractivity contribution >= 4 is 21.4 Å². The Labute approximate surface area is 121 Å². The van der Waals surface area contributed by atoms with Crippen molar-refractivity contribution in [3.63, 3.8) is 0 Å². The molecule has 1 aromatic carbocycles. The molecule has 0 saturated carbocycles. The summed E-state index contributed by atoms with van der Waals surface area (Å²) in [4.78, 5) is 0. The van der Waals surface area contributed by atoms with Crippen molar-refractivity contribution in [3.8, 4) is 0 Å². The second-order valence-electron chi connectivity index (χ2n) is 2.65. The average molecular weight is 429 g/mol. The molecule has 0 spiro atoms. The van der Waals surface area contributed by atoms with Crippen molar-refractivity contribution in [3.05, 3.63) is 29.8 Å². The second-order valence-corrected chi connectivity index (χ2v) is 10.6. The van der Waals surface area contributed by atoms with Gasteiger partial charge in [0.05, 0.1) is 0 Å². The van der Waals surface area contributed by atoms with Crippen LogP contribution in [0.25, 0.3) is 0 Å². The van der Waals surface area contributed by atoms with E-state index in [9.17, 15) is 13.0 Å². The van der Waals surface area contributed by atoms with Crippen molar-refractivity contribution in [1.29, 1.82) is 0 Å². The maximum Gasteiger partial charge on any atom is 1.00 e. The van der Waals surface area contributed by atoms with E-state index in [1.807, 2.05) is 0 Å². The van der Waals surface area contributed by atoms with E-state index in [2.05, 4.69) is 0 Å². The summed E-state index contributed by atoms with van der Waals surface area (Å²) in [5, 5.41) is 0. The normalized spacial score (nSPS) is 10.1. The first-order valence-corrected chi connectivity index (χ1v) is 14.7. The Morgan fingerprint density at radius 2 is 1.79 bits per heavy atom. The van der Waals surface area contributed by atoms with Crippen LogP contribution in [0, 0.1) is 0 Å². The third-order valence-corrected chi connectivity index (χ3v) is 7.95. The predicted octanol–water partition coefficient (Wildman–Crippen LogP) is -2.40. The average Bonchev–Trinajstić information content (AvgIpc) is 2.03. The number of rotatable bonds is 3. The quantitative estimate of drug-likeness (QED) is 0.398. The Morgan fingerprint density at radius 1 is 1.29 bits per heavy atom. The summed E-state index contributed by atoms with van der Waals surface area (Å²) in [6.07, 6.45) is 0. The fourth-order valence-corrected chi connectivity index (χ4v) is 4.70. The van der Waals surface area contributed by atoms with Crippen molar-refractivity contribution in [1.82, 2.24) is 0 Å². The van der Waals surface area contributed by atoms with Gasteiger partial charge in [0, 0.05) is 0 Å². The molecule has 0 saturated heterocycles. The molecule has 0 aromatic heterocycles. The predicted molar refractivity (Wildman–Crippen MR) is 45.3 cm³/mol. The Kier molecular flexibility index (Phi) is 7.50. The molecule has 0 heterocycles. The van der Waals surface area contributed by atoms with Crippen LogP contribution >= 0.6 is 8.25 Å². The molecule has 7 heteroatoms. The van der Waals surface area contributed by atoms with Crippen molar-refractivity contribution in [2.75, 3.05) is 0 Å². The molecule has 1 rings (SSSR count). The van der Waals surface area contributed by atoms with Gasteiger partial charge in [-0.05, 0) is 0 Å². The molecule has 68 valence electrons. The van der Waals surface area contributed by atoms with Gasteiger partial charge in [-0.1, -0.05) is 0 Å². The zero-order valence-electron chi connectivity index (χ0n) is 7.73. The maximum absolute atomic E-state index is 10.4. The molecule has 0 bridgehead atoms. The third-order valence-electron chi connectivity index (χ3n) is 1.52. The molecule has 0 atom stereocenters. The van der Waals surface area contributed by atoms with E-state index >= 15 is 0 Å². The van der Waals surface area contributed by atoms with E-state index in [-0.39, 0.29) is 29.6 Å². The van der Waals surface area contributed by atoms with Gasteiger partial charge in [0.1, 0.15) is 0 Å². The number of benzene rings is 1. The molecule has 0 unspecified atom stereocenters. The number of halogens is 1. The van der Waals surface area contributed by atoms with Crippen LogP contribution in [0.4, 0.5) is 0 Å². The third kappa shape index (κ3) is 6.05. The summed E-state index contributed by atoms with van der Waals surface area (Å²) in [5.41, 5.74) is 0.525. The zero-order valence-corrected chi connectivity index (χ0v) is 16.8. The summed E-state index contributed by atoms with van der Waals surface area (Å²) in [5.74, 6) is -0.438. The van der Waals surface area contributed by atoms with E-state index < -0.39 is 39.2 Å². The minimum atomic E-state index is -4.16. The summed E-state index contributed by atoms with van der Waals surface area (Å²) < 4.78 is 32.3. The summed E-state index contributed by atoms with van der Waals surface area (Å²) in [7, 11) is 1.59. The smallest absolute Gasteiger partial charge is 1.00 e. The minimum Gasteiger partial charge on any atom is 1.00 e. The first-order valence-electron chi connectivity index (χ1n) is 3.58. The Morgan fingerprint density at radius 3 is 2.14 bits per heavy atom. The fraction of sp³-hybridized carbons (Fsp3) is 0.143. The SMILES string of the molecule is O=S(=O)([O-])Cc1cc[c]([Hg][Cl])cc1.[Na+]. The molecule has 0 aliphatic carbocycles. The van der Waals surface area contributed by atoms with Gasteiger partial charge >= 0.3 is 123 Å². The minimum absolute atomic E-state index is 0. The largest absolute Gasteiger partial charge is 1.00 e. The first kappa shape index (κ1) is 15.4. The van der Waals surface area contributed by atoms with Gasteiger partial charge in [0.15, 0.2) is 0 Å². The van der Waals surface area contributed by atoms with E-state index in [0.29, 0.717) is 5.56 Å². The Hall–Kier alpha value is 1.36. The van der Waals surface area contributed by atoms with Crippen LogP contribution in [-0.4, -0.2) is 13.0 Å². The molecule has 0 aliphatic rings. The molecule has 3 nitrogen and oxygen atoms in total. The van der Waals surface area contributed by atoms with Gasteiger partial charge in [-0.2, -0.15) is 0 Å². The Balaban J connectivity index is 0.00000169. The second kappa shape index (κ2) is 6.83. The van der Waals surface area contributed by atoms with Gasteiger partial charge in [-0.3, -0.25) is 0 Å². The molecular weight excluding hydrogens is 423 g/mol. The van der Waals surface area contributed by atoms with Crippen LogP contribution in [0.3, 0.4) is 0 Å². The van der Waals surface area contributed by atoms with Crippen LogP contribution < -0.4 is 32.6 Å². The van der Waals surface area contributed by atoms with Crippen LogP contribution in [-0.2, 0) is 39.2 Å². The van der Waals surface area contributed by atoms with Crippen LogP contribution in [0.2, 0.25) is 0 Å². The topological polar surface area (TPSA) is 57.2 Å². The molecule has 14 heavy (non-hydrogen) atoms. The monoisotopic (exact) mass is 430 g/mol. The van der Waals surface area contributed by atoms with E-state index in [0.717, 1.165) is 3.07 Å². The molecule has 0 radical (unpaired) electrons. The van der Waals surface area contributed by atoms with Gasteiger partial charge in [-0.15, -0.1) is 0 Å². The maximum atomic E-state index is 10.4. The van der Waals surface area contributed by atoms with E-state index in [1.165, 1.54) is 0 Å². The van der Waals surface area contributed by atoms with Crippen molar-refractivity contribution < 1.29 is 65.9 Å². The van der Waals surface area contributed by atoms with Gasteiger partial charge in [0.25, 0.3) is 0 Å². The molecule has 0 N–H and O–H groups in total. The Bertz CT molecular complexity index is 378. The van der Waals surface area contributed by atoms with E-state index in [1.54, 1.807) is 24.3 Å². The van der Waals surface area contributed by atoms with Crippen molar-refractivity contribution in [2.24, 2.45) is 0 Å². The number of hydrogen-bond donors (Lipinski definition) is 0. The molecule has 0 aliphatic heterocycles. The van der Waals surface area contributed by atoms with Crippen molar-refractivity contribution in [2.45, 2.75) is 5.75 Å². The molecule has 0 fully saturated rings. The number of hydrogen-bond acceptors (Lipinski definition) is 3. The van der Waals surface area contributed by atoms with Gasteiger partial charge < -0.3 is 0 Å². The zero-order chi connectivity index (χ0) is 9.90. The van der Waals surface area contributed by atoms with Gasteiger partial charge in [0.2, 0.25) is 0 Å². The summed E-state index contributed by atoms with van der Waals surface area (Å²) >= 11 is -1.38. The summed E-state index contributed by atoms with van der Waals surface area (Å²) in [6, 6.07) is 6.89. The van der Waals surface area contributed by atoms with Crippen LogP contribution in [0.1, 0.15) is 5.56 Å². The van der Waals surface area contributed by atoms with Gasteiger partial charge in [-0.25, -0.2) is 0 Å². The first-order chi connectivity index (χ1) is 6.01. The fourth-order valence-electron chi connectivity index (χ4n) is 0.929. The molecule has 0 amide bonds. The van der Waals surface area contributed by atoms with Crippen LogP contribution in [0.5, 0.6) is 0 Å². The molecular formula is C7H6ClHgNaO3S. The van der Waals surface area contributed by atoms with E-state index in [4.69, 9.17) is 8.25 Å². The standard InChI is InChI=1S/C7H7O3S.ClH.Hg.Na/c8-11(9,10)6-7-4-2-1-3-5-7;;;/h2-5H,6H2,(H,8,9,10);1H;;/q;;2*+1/p-2.